The molecule has 0 bridgehead atoms. The SMILES string of the molecule is O=[N+]([O-])c1cnc(Cl)nc1Nc1cccc2ncccc12. The van der Waals surface area contributed by atoms with Gasteiger partial charge in [-0.25, -0.2) is 4.98 Å². The van der Waals surface area contributed by atoms with E-state index in [-0.39, 0.29) is 16.8 Å². The summed E-state index contributed by atoms with van der Waals surface area (Å²) in [6.07, 6.45) is 2.75. The van der Waals surface area contributed by atoms with Gasteiger partial charge in [0.1, 0.15) is 6.20 Å². The zero-order valence-corrected chi connectivity index (χ0v) is 11.3. The Morgan fingerprint density at radius 2 is 2.05 bits per heavy atom. The van der Waals surface area contributed by atoms with Crippen molar-refractivity contribution in [2.75, 3.05) is 5.32 Å². The van der Waals surface area contributed by atoms with Crippen LogP contribution < -0.4 is 5.32 Å². The molecule has 1 N–H and O–H groups in total. The molecule has 0 saturated heterocycles. The number of hydrogen-bond donors (Lipinski definition) is 1. The molecule has 1 aromatic carbocycles. The minimum absolute atomic E-state index is 0.0383. The Balaban J connectivity index is 2.11. The van der Waals surface area contributed by atoms with Crippen LogP contribution in [0.5, 0.6) is 0 Å². The molecule has 0 radical (unpaired) electrons. The molecule has 8 heteroatoms. The second-order valence-electron chi connectivity index (χ2n) is 4.13. The van der Waals surface area contributed by atoms with Crippen LogP contribution in [-0.4, -0.2) is 19.9 Å². The molecule has 2 aromatic heterocycles. The Morgan fingerprint density at radius 3 is 2.86 bits per heavy atom. The van der Waals surface area contributed by atoms with E-state index in [0.29, 0.717) is 5.69 Å². The minimum atomic E-state index is -0.567. The minimum Gasteiger partial charge on any atom is -0.334 e. The molecule has 0 saturated carbocycles. The number of fused-ring (bicyclic) bond motifs is 1. The van der Waals surface area contributed by atoms with Gasteiger partial charge in [0.2, 0.25) is 11.1 Å². The lowest BCUT2D eigenvalue weighted by Crippen LogP contribution is -2.01. The number of aromatic nitrogens is 3. The van der Waals surface area contributed by atoms with Crippen molar-refractivity contribution in [2.45, 2.75) is 0 Å². The highest BCUT2D eigenvalue weighted by molar-refractivity contribution is 6.28. The summed E-state index contributed by atoms with van der Waals surface area (Å²) in [5.74, 6) is 0.0383. The number of nitrogens with zero attached hydrogens (tertiary/aromatic N) is 4. The van der Waals surface area contributed by atoms with Gasteiger partial charge in [-0.15, -0.1) is 0 Å². The van der Waals surface area contributed by atoms with Gasteiger partial charge in [0.15, 0.2) is 0 Å². The van der Waals surface area contributed by atoms with E-state index in [1.807, 2.05) is 12.1 Å². The standard InChI is InChI=1S/C13H8ClN5O2/c14-13-16-7-11(19(20)21)12(18-13)17-10-5-1-4-9-8(10)3-2-6-15-9/h1-7H,(H,16,17,18). The van der Waals surface area contributed by atoms with Crippen molar-refractivity contribution in [3.8, 4) is 0 Å². The van der Waals surface area contributed by atoms with Crippen LogP contribution in [0.15, 0.2) is 42.7 Å². The fraction of sp³-hybridized carbons (Fsp3) is 0. The summed E-state index contributed by atoms with van der Waals surface area (Å²) in [6.45, 7) is 0. The fourth-order valence-corrected chi connectivity index (χ4v) is 2.05. The molecule has 3 rings (SSSR count). The maximum atomic E-state index is 11.0. The number of anilines is 2. The van der Waals surface area contributed by atoms with Crippen LogP contribution in [0.25, 0.3) is 10.9 Å². The number of nitrogens with one attached hydrogen (secondary N) is 1. The van der Waals surface area contributed by atoms with E-state index < -0.39 is 4.92 Å². The number of rotatable bonds is 3. The zero-order valence-electron chi connectivity index (χ0n) is 10.5. The van der Waals surface area contributed by atoms with Gasteiger partial charge in [-0.1, -0.05) is 6.07 Å². The quantitative estimate of drug-likeness (QED) is 0.453. The van der Waals surface area contributed by atoms with Crippen molar-refractivity contribution < 1.29 is 4.92 Å². The third kappa shape index (κ3) is 2.59. The van der Waals surface area contributed by atoms with Gasteiger partial charge in [0.05, 0.1) is 10.4 Å². The zero-order chi connectivity index (χ0) is 14.8. The van der Waals surface area contributed by atoms with Crippen LogP contribution in [0.4, 0.5) is 17.2 Å². The average Bonchev–Trinajstić information content (AvgIpc) is 2.47. The van der Waals surface area contributed by atoms with Crippen LogP contribution in [0.1, 0.15) is 0 Å². The molecular weight excluding hydrogens is 294 g/mol. The second-order valence-corrected chi connectivity index (χ2v) is 4.47. The maximum absolute atomic E-state index is 11.0. The number of benzene rings is 1. The topological polar surface area (TPSA) is 93.8 Å². The molecule has 3 aromatic rings. The first-order chi connectivity index (χ1) is 10.1. The summed E-state index contributed by atoms with van der Waals surface area (Å²) in [5.41, 5.74) is 1.17. The lowest BCUT2D eigenvalue weighted by atomic mass is 10.2. The fourth-order valence-electron chi connectivity index (χ4n) is 1.92. The highest BCUT2D eigenvalue weighted by atomic mass is 35.5. The Bertz CT molecular complexity index is 834. The third-order valence-electron chi connectivity index (χ3n) is 2.84. The Labute approximate surface area is 123 Å². The molecule has 2 heterocycles. The molecule has 0 aliphatic heterocycles. The van der Waals surface area contributed by atoms with Crippen molar-refractivity contribution in [2.24, 2.45) is 0 Å². The summed E-state index contributed by atoms with van der Waals surface area (Å²) in [6, 6.07) is 9.08. The number of nitro groups is 1. The summed E-state index contributed by atoms with van der Waals surface area (Å²) < 4.78 is 0. The van der Waals surface area contributed by atoms with Gasteiger partial charge in [0, 0.05) is 17.3 Å². The molecule has 0 aliphatic rings. The van der Waals surface area contributed by atoms with Crippen LogP contribution in [0.2, 0.25) is 5.28 Å². The summed E-state index contributed by atoms with van der Waals surface area (Å²) in [5, 5.41) is 14.7. The Kier molecular flexibility index (Phi) is 3.33. The summed E-state index contributed by atoms with van der Waals surface area (Å²) in [7, 11) is 0. The van der Waals surface area contributed by atoms with E-state index in [4.69, 9.17) is 11.6 Å². The lowest BCUT2D eigenvalue weighted by molar-refractivity contribution is -0.384. The average molecular weight is 302 g/mol. The first kappa shape index (κ1) is 13.2. The van der Waals surface area contributed by atoms with Gasteiger partial charge < -0.3 is 5.32 Å². The molecule has 0 unspecified atom stereocenters. The van der Waals surface area contributed by atoms with E-state index in [1.54, 1.807) is 24.4 Å². The van der Waals surface area contributed by atoms with Crippen molar-refractivity contribution in [1.82, 2.24) is 15.0 Å². The maximum Gasteiger partial charge on any atom is 0.329 e. The largest absolute Gasteiger partial charge is 0.334 e. The Hall–Kier alpha value is -2.80. The normalized spacial score (nSPS) is 10.5. The van der Waals surface area contributed by atoms with E-state index in [9.17, 15) is 10.1 Å². The van der Waals surface area contributed by atoms with Gasteiger partial charge in [-0.3, -0.25) is 15.1 Å². The van der Waals surface area contributed by atoms with E-state index in [1.165, 1.54) is 0 Å². The van der Waals surface area contributed by atoms with Crippen molar-refractivity contribution in [1.29, 1.82) is 0 Å². The van der Waals surface area contributed by atoms with E-state index in [2.05, 4.69) is 20.3 Å². The van der Waals surface area contributed by atoms with Crippen molar-refractivity contribution >= 4 is 39.7 Å². The first-order valence-corrected chi connectivity index (χ1v) is 6.30. The molecule has 0 spiro atoms. The number of pyridine rings is 1. The predicted molar refractivity (Wildman–Crippen MR) is 78.7 cm³/mol. The second kappa shape index (κ2) is 5.29. The number of hydrogen-bond acceptors (Lipinski definition) is 6. The Morgan fingerprint density at radius 1 is 1.19 bits per heavy atom. The van der Waals surface area contributed by atoms with Crippen LogP contribution >= 0.6 is 11.6 Å². The number of halogens is 1. The van der Waals surface area contributed by atoms with Crippen LogP contribution in [0, 0.1) is 10.1 Å². The molecule has 0 amide bonds. The van der Waals surface area contributed by atoms with Crippen LogP contribution in [-0.2, 0) is 0 Å². The van der Waals surface area contributed by atoms with Crippen molar-refractivity contribution in [3.05, 3.63) is 58.1 Å². The van der Waals surface area contributed by atoms with E-state index >= 15 is 0 Å². The molecule has 0 aliphatic carbocycles. The molecular formula is C13H8ClN5O2. The molecule has 21 heavy (non-hydrogen) atoms. The third-order valence-corrected chi connectivity index (χ3v) is 3.02. The summed E-state index contributed by atoms with van der Waals surface area (Å²) >= 11 is 5.71. The van der Waals surface area contributed by atoms with Crippen molar-refractivity contribution in [3.63, 3.8) is 0 Å². The highest BCUT2D eigenvalue weighted by Gasteiger charge is 2.17. The molecule has 0 atom stereocenters. The first-order valence-electron chi connectivity index (χ1n) is 5.93. The lowest BCUT2D eigenvalue weighted by Gasteiger charge is -2.08. The summed E-state index contributed by atoms with van der Waals surface area (Å²) in [4.78, 5) is 22.2. The van der Waals surface area contributed by atoms with Gasteiger partial charge in [-0.2, -0.15) is 4.98 Å². The van der Waals surface area contributed by atoms with Crippen LogP contribution in [0.3, 0.4) is 0 Å². The molecule has 7 nitrogen and oxygen atoms in total. The van der Waals surface area contributed by atoms with Gasteiger partial charge in [-0.05, 0) is 35.9 Å². The smallest absolute Gasteiger partial charge is 0.329 e. The molecule has 104 valence electrons. The predicted octanol–water partition coefficient (Wildman–Crippen LogP) is 3.33. The highest BCUT2D eigenvalue weighted by Crippen LogP contribution is 2.29. The van der Waals surface area contributed by atoms with E-state index in [0.717, 1.165) is 17.1 Å². The van der Waals surface area contributed by atoms with Gasteiger partial charge in [0.25, 0.3) is 0 Å². The van der Waals surface area contributed by atoms with Gasteiger partial charge >= 0.3 is 5.69 Å². The monoisotopic (exact) mass is 301 g/mol. The molecule has 0 fully saturated rings.